The van der Waals surface area contributed by atoms with Gasteiger partial charge in [0.25, 0.3) is 5.69 Å². The van der Waals surface area contributed by atoms with Gasteiger partial charge < -0.3 is 15.2 Å². The Morgan fingerprint density at radius 2 is 2.21 bits per heavy atom. The number of aliphatic hydroxyl groups excluding tert-OH is 1. The molecule has 0 amide bonds. The van der Waals surface area contributed by atoms with Gasteiger partial charge >= 0.3 is 0 Å². The van der Waals surface area contributed by atoms with Crippen LogP contribution in [0.5, 0.6) is 0 Å². The van der Waals surface area contributed by atoms with Crippen LogP contribution in [0.15, 0.2) is 16.6 Å². The number of rotatable bonds is 8. The largest absolute Gasteiger partial charge is 0.394 e. The van der Waals surface area contributed by atoms with E-state index in [1.54, 1.807) is 0 Å². The number of nitro benzene ring substituents is 1. The van der Waals surface area contributed by atoms with Gasteiger partial charge in [0.15, 0.2) is 0 Å². The molecule has 2 N–H and O–H groups in total. The molecule has 1 aromatic carbocycles. The van der Waals surface area contributed by atoms with Gasteiger partial charge in [0.1, 0.15) is 11.5 Å². The molecule has 1 rings (SSSR count). The molecule has 0 atom stereocenters. The summed E-state index contributed by atoms with van der Waals surface area (Å²) in [5.74, 6) is -0.565. The number of hydrogen-bond acceptors (Lipinski definition) is 5. The number of ether oxygens (including phenoxy) is 1. The zero-order valence-corrected chi connectivity index (χ0v) is 11.7. The summed E-state index contributed by atoms with van der Waals surface area (Å²) in [6.45, 7) is 1.04. The van der Waals surface area contributed by atoms with Gasteiger partial charge in [0.05, 0.1) is 22.6 Å². The number of aliphatic hydroxyl groups is 1. The number of hydrogen-bond donors (Lipinski definition) is 2. The van der Waals surface area contributed by atoms with Gasteiger partial charge in [-0.05, 0) is 22.4 Å². The first-order valence-corrected chi connectivity index (χ1v) is 6.41. The first-order valence-electron chi connectivity index (χ1n) is 5.62. The number of anilines is 1. The Balaban J connectivity index is 2.57. The van der Waals surface area contributed by atoms with Crippen molar-refractivity contribution >= 4 is 27.3 Å². The maximum Gasteiger partial charge on any atom is 0.293 e. The molecule has 0 saturated heterocycles. The standard InChI is InChI=1S/C11H14BrFN2O4/c12-8-6-11(15(17)18)10(7-9(8)13)14-2-1-4-19-5-3-16/h6-7,14,16H,1-5H2. The van der Waals surface area contributed by atoms with E-state index in [0.29, 0.717) is 19.6 Å². The number of nitrogens with one attached hydrogen (secondary N) is 1. The van der Waals surface area contributed by atoms with E-state index < -0.39 is 10.7 Å². The highest BCUT2D eigenvalue weighted by molar-refractivity contribution is 9.10. The van der Waals surface area contributed by atoms with Crippen LogP contribution in [0.3, 0.4) is 0 Å². The average molecular weight is 337 g/mol. The number of nitro groups is 1. The van der Waals surface area contributed by atoms with Crippen molar-refractivity contribution in [1.82, 2.24) is 0 Å². The second-order valence-corrected chi connectivity index (χ2v) is 4.51. The van der Waals surface area contributed by atoms with Crippen LogP contribution < -0.4 is 5.32 Å². The minimum atomic E-state index is -0.575. The van der Waals surface area contributed by atoms with Crippen LogP contribution in [0, 0.1) is 15.9 Å². The Morgan fingerprint density at radius 1 is 1.47 bits per heavy atom. The maximum absolute atomic E-state index is 13.3. The molecular formula is C11H14BrFN2O4. The molecule has 0 heterocycles. The van der Waals surface area contributed by atoms with E-state index >= 15 is 0 Å². The third-order valence-corrected chi connectivity index (χ3v) is 2.86. The van der Waals surface area contributed by atoms with Gasteiger partial charge in [-0.3, -0.25) is 10.1 Å². The molecule has 0 radical (unpaired) electrons. The molecule has 8 heteroatoms. The summed E-state index contributed by atoms with van der Waals surface area (Å²) in [5, 5.41) is 22.1. The van der Waals surface area contributed by atoms with Gasteiger partial charge in [-0.25, -0.2) is 4.39 Å². The van der Waals surface area contributed by atoms with Crippen molar-refractivity contribution < 1.29 is 19.2 Å². The SMILES string of the molecule is O=[N+]([O-])c1cc(Br)c(F)cc1NCCCOCCO. The fourth-order valence-electron chi connectivity index (χ4n) is 1.39. The molecule has 0 aliphatic rings. The van der Waals surface area contributed by atoms with E-state index in [2.05, 4.69) is 21.2 Å². The molecule has 19 heavy (non-hydrogen) atoms. The fraction of sp³-hybridized carbons (Fsp3) is 0.455. The van der Waals surface area contributed by atoms with E-state index in [1.165, 1.54) is 0 Å². The molecular weight excluding hydrogens is 323 g/mol. The number of benzene rings is 1. The lowest BCUT2D eigenvalue weighted by Gasteiger charge is -2.08. The third-order valence-electron chi connectivity index (χ3n) is 2.25. The summed E-state index contributed by atoms with van der Waals surface area (Å²) in [6.07, 6.45) is 0.592. The molecule has 0 aliphatic heterocycles. The molecule has 0 unspecified atom stereocenters. The molecule has 106 valence electrons. The van der Waals surface area contributed by atoms with E-state index in [9.17, 15) is 14.5 Å². The predicted molar refractivity (Wildman–Crippen MR) is 71.8 cm³/mol. The minimum absolute atomic E-state index is 0.0448. The van der Waals surface area contributed by atoms with Crippen molar-refractivity contribution in [2.24, 2.45) is 0 Å². The molecule has 0 fully saturated rings. The van der Waals surface area contributed by atoms with Crippen molar-refractivity contribution in [3.05, 3.63) is 32.5 Å². The Bertz CT molecular complexity index is 445. The zero-order chi connectivity index (χ0) is 14.3. The normalized spacial score (nSPS) is 10.5. The van der Waals surface area contributed by atoms with Crippen LogP contribution in [-0.2, 0) is 4.74 Å². The molecule has 0 bridgehead atoms. The van der Waals surface area contributed by atoms with Gasteiger partial charge in [0, 0.05) is 25.3 Å². The Labute approximate surface area is 117 Å². The van der Waals surface area contributed by atoms with Crippen molar-refractivity contribution in [3.63, 3.8) is 0 Å². The molecule has 0 spiro atoms. The highest BCUT2D eigenvalue weighted by Gasteiger charge is 2.16. The van der Waals surface area contributed by atoms with Crippen molar-refractivity contribution in [3.8, 4) is 0 Å². The van der Waals surface area contributed by atoms with Crippen LogP contribution in [0.1, 0.15) is 6.42 Å². The van der Waals surface area contributed by atoms with E-state index in [-0.39, 0.29) is 29.1 Å². The van der Waals surface area contributed by atoms with Gasteiger partial charge in [-0.1, -0.05) is 0 Å². The zero-order valence-electron chi connectivity index (χ0n) is 10.1. The summed E-state index contributed by atoms with van der Waals surface area (Å²) in [7, 11) is 0. The third kappa shape index (κ3) is 5.09. The average Bonchev–Trinajstić information content (AvgIpc) is 2.37. The quantitative estimate of drug-likeness (QED) is 0.432. The lowest BCUT2D eigenvalue weighted by Crippen LogP contribution is -2.09. The van der Waals surface area contributed by atoms with Crippen molar-refractivity contribution in [2.75, 3.05) is 31.7 Å². The Morgan fingerprint density at radius 3 is 2.84 bits per heavy atom. The highest BCUT2D eigenvalue weighted by atomic mass is 79.9. The van der Waals surface area contributed by atoms with Crippen molar-refractivity contribution in [1.29, 1.82) is 0 Å². The lowest BCUT2D eigenvalue weighted by atomic mass is 10.2. The monoisotopic (exact) mass is 336 g/mol. The molecule has 0 saturated carbocycles. The van der Waals surface area contributed by atoms with Gasteiger partial charge in [0.2, 0.25) is 0 Å². The van der Waals surface area contributed by atoms with Crippen LogP contribution in [0.4, 0.5) is 15.8 Å². The van der Waals surface area contributed by atoms with Gasteiger partial charge in [-0.2, -0.15) is 0 Å². The minimum Gasteiger partial charge on any atom is -0.394 e. The molecule has 1 aromatic rings. The Kier molecular flexibility index (Phi) is 6.68. The molecule has 6 nitrogen and oxygen atoms in total. The summed E-state index contributed by atoms with van der Waals surface area (Å²) in [6, 6.07) is 2.21. The lowest BCUT2D eigenvalue weighted by molar-refractivity contribution is -0.384. The Hall–Kier alpha value is -1.25. The van der Waals surface area contributed by atoms with Crippen LogP contribution in [0.25, 0.3) is 0 Å². The maximum atomic E-state index is 13.3. The molecule has 0 aliphatic carbocycles. The fourth-order valence-corrected chi connectivity index (χ4v) is 1.72. The van der Waals surface area contributed by atoms with E-state index in [1.807, 2.05) is 0 Å². The van der Waals surface area contributed by atoms with Gasteiger partial charge in [-0.15, -0.1) is 0 Å². The van der Waals surface area contributed by atoms with E-state index in [4.69, 9.17) is 9.84 Å². The highest BCUT2D eigenvalue weighted by Crippen LogP contribution is 2.30. The summed E-state index contributed by atoms with van der Waals surface area (Å²) >= 11 is 2.91. The second-order valence-electron chi connectivity index (χ2n) is 3.66. The van der Waals surface area contributed by atoms with Crippen molar-refractivity contribution in [2.45, 2.75) is 6.42 Å². The first-order chi connectivity index (χ1) is 9.06. The van der Waals surface area contributed by atoms with Crippen LogP contribution in [0.2, 0.25) is 0 Å². The topological polar surface area (TPSA) is 84.6 Å². The summed E-state index contributed by atoms with van der Waals surface area (Å²) < 4.78 is 18.4. The first kappa shape index (κ1) is 15.8. The molecule has 0 aromatic heterocycles. The number of halogens is 2. The van der Waals surface area contributed by atoms with E-state index in [0.717, 1.165) is 12.1 Å². The summed E-state index contributed by atoms with van der Waals surface area (Å²) in [5.41, 5.74) is -0.0580. The predicted octanol–water partition coefficient (Wildman–Crippen LogP) is 2.31. The van der Waals surface area contributed by atoms with Crippen LogP contribution in [-0.4, -0.2) is 36.4 Å². The second kappa shape index (κ2) is 8.03. The summed E-state index contributed by atoms with van der Waals surface area (Å²) in [4.78, 5) is 10.3. The number of nitrogens with zero attached hydrogens (tertiary/aromatic N) is 1. The smallest absolute Gasteiger partial charge is 0.293 e. The van der Waals surface area contributed by atoms with Crippen LogP contribution >= 0.6 is 15.9 Å².